The Labute approximate surface area is 208 Å². The number of hydrogen-bond acceptors (Lipinski definition) is 9. The Balaban J connectivity index is 1.14. The lowest BCUT2D eigenvalue weighted by atomic mass is 10.1. The lowest BCUT2D eigenvalue weighted by Gasteiger charge is -2.15. The number of H-pyrrole nitrogens is 1. The monoisotopic (exact) mass is 524 g/mol. The van der Waals surface area contributed by atoms with E-state index in [4.69, 9.17) is 35.3 Å². The molecule has 3 aromatic rings. The number of aromatic nitrogens is 3. The molecule has 3 aliphatic heterocycles. The van der Waals surface area contributed by atoms with Crippen molar-refractivity contribution in [3.05, 3.63) is 40.4 Å². The van der Waals surface area contributed by atoms with E-state index < -0.39 is 36.1 Å². The molecule has 0 spiro atoms. The zero-order valence-electron chi connectivity index (χ0n) is 18.9. The fourth-order valence-electron chi connectivity index (χ4n) is 4.55. The summed E-state index contributed by atoms with van der Waals surface area (Å²) in [6.07, 6.45) is -1.50. The zero-order chi connectivity index (χ0) is 24.8. The second-order valence-electron chi connectivity index (χ2n) is 8.87. The van der Waals surface area contributed by atoms with Crippen LogP contribution in [0.2, 0.25) is 5.02 Å². The first-order chi connectivity index (χ1) is 17.4. The molecule has 3 fully saturated rings. The Bertz CT molecular complexity index is 1250. The van der Waals surface area contributed by atoms with E-state index >= 15 is 0 Å². The maximum Gasteiger partial charge on any atom is 0.296 e. The number of pyridine rings is 1. The van der Waals surface area contributed by atoms with Gasteiger partial charge in [-0.05, 0) is 6.07 Å². The van der Waals surface area contributed by atoms with Gasteiger partial charge in [-0.15, -0.1) is 0 Å². The number of benzene rings is 1. The molecule has 1 aromatic carbocycles. The topological polar surface area (TPSA) is 120 Å². The van der Waals surface area contributed by atoms with Crippen LogP contribution >= 0.6 is 11.6 Å². The SMILES string of the molecule is O[C@@H]1COC2[C@H](Oc3nc4nc(NCc5c(F)cc(OC6CCOC6)cc5F)c(Cl)cc4[nH]3)CO[C@@H]21. The van der Waals surface area contributed by atoms with Gasteiger partial charge in [-0.25, -0.2) is 13.8 Å². The Morgan fingerprint density at radius 2 is 1.89 bits per heavy atom. The van der Waals surface area contributed by atoms with Gasteiger partial charge in [0.05, 0.1) is 37.0 Å². The molecule has 0 aliphatic carbocycles. The molecule has 10 nitrogen and oxygen atoms in total. The lowest BCUT2D eigenvalue weighted by molar-refractivity contribution is 0.00706. The van der Waals surface area contributed by atoms with Crippen LogP contribution in [0, 0.1) is 11.6 Å². The average Bonchev–Trinajstić information content (AvgIpc) is 3.62. The normalized spacial score (nSPS) is 27.5. The summed E-state index contributed by atoms with van der Waals surface area (Å²) in [5, 5.41) is 13.0. The van der Waals surface area contributed by atoms with Crippen LogP contribution in [0.5, 0.6) is 11.8 Å². The second kappa shape index (κ2) is 9.60. The molecular formula is C23H23ClF2N4O6. The number of hydrogen-bond donors (Lipinski definition) is 3. The minimum atomic E-state index is -0.750. The molecule has 192 valence electrons. The number of aliphatic hydroxyl groups is 1. The van der Waals surface area contributed by atoms with Crippen LogP contribution in [0.25, 0.3) is 11.2 Å². The third kappa shape index (κ3) is 4.55. The Hall–Kier alpha value is -2.77. The Morgan fingerprint density at radius 3 is 2.67 bits per heavy atom. The first-order valence-electron chi connectivity index (χ1n) is 11.5. The third-order valence-corrected chi connectivity index (χ3v) is 6.68. The molecule has 6 rings (SSSR count). The summed E-state index contributed by atoms with van der Waals surface area (Å²) < 4.78 is 57.1. The standard InChI is InChI=1S/C23H23ClF2N4O6/c24-13-5-16-22(30-23(28-16)36-18-9-34-19-17(31)8-33-20(18)19)29-21(13)27-6-12-14(25)3-11(4-15(12)26)35-10-1-2-32-7-10/h3-5,10,17-20,31H,1-2,6-9H2,(H2,27,28,29,30)/t10?,17-,18-,19-,20?/m1/s1. The van der Waals surface area contributed by atoms with E-state index in [1.807, 2.05) is 0 Å². The first-order valence-corrected chi connectivity index (χ1v) is 11.9. The summed E-state index contributed by atoms with van der Waals surface area (Å²) in [6.45, 7) is 1.20. The van der Waals surface area contributed by atoms with Gasteiger partial charge >= 0.3 is 0 Å². The quantitative estimate of drug-likeness (QED) is 0.428. The van der Waals surface area contributed by atoms with Crippen LogP contribution in [0.15, 0.2) is 18.2 Å². The van der Waals surface area contributed by atoms with E-state index in [9.17, 15) is 13.9 Å². The number of rotatable bonds is 7. The summed E-state index contributed by atoms with van der Waals surface area (Å²) in [4.78, 5) is 11.7. The minimum absolute atomic E-state index is 0.113. The predicted molar refractivity (Wildman–Crippen MR) is 122 cm³/mol. The highest BCUT2D eigenvalue weighted by atomic mass is 35.5. The molecule has 0 saturated carbocycles. The van der Waals surface area contributed by atoms with E-state index in [1.54, 1.807) is 6.07 Å². The highest BCUT2D eigenvalue weighted by Crippen LogP contribution is 2.31. The average molecular weight is 525 g/mol. The van der Waals surface area contributed by atoms with Crippen molar-refractivity contribution in [3.8, 4) is 11.8 Å². The largest absolute Gasteiger partial charge is 0.488 e. The van der Waals surface area contributed by atoms with Crippen molar-refractivity contribution in [1.29, 1.82) is 0 Å². The smallest absolute Gasteiger partial charge is 0.296 e. The molecule has 2 aromatic heterocycles. The molecule has 2 unspecified atom stereocenters. The molecule has 5 atom stereocenters. The number of anilines is 1. The van der Waals surface area contributed by atoms with E-state index in [0.717, 1.165) is 12.1 Å². The van der Waals surface area contributed by atoms with Gasteiger partial charge < -0.3 is 39.1 Å². The maximum absolute atomic E-state index is 14.6. The zero-order valence-corrected chi connectivity index (χ0v) is 19.6. The number of aliphatic hydroxyl groups excluding tert-OH is 1. The van der Waals surface area contributed by atoms with Gasteiger partial charge in [-0.3, -0.25) is 0 Å². The van der Waals surface area contributed by atoms with Crippen LogP contribution < -0.4 is 14.8 Å². The summed E-state index contributed by atoms with van der Waals surface area (Å²) in [5.74, 6) is -1.18. The van der Waals surface area contributed by atoms with Crippen LogP contribution in [0.4, 0.5) is 14.6 Å². The Morgan fingerprint density at radius 1 is 1.08 bits per heavy atom. The number of nitrogens with one attached hydrogen (secondary N) is 2. The molecule has 13 heteroatoms. The molecule has 0 amide bonds. The van der Waals surface area contributed by atoms with Crippen molar-refractivity contribution < 1.29 is 37.6 Å². The van der Waals surface area contributed by atoms with Crippen molar-refractivity contribution >= 4 is 28.6 Å². The van der Waals surface area contributed by atoms with Crippen LogP contribution in [-0.2, 0) is 20.8 Å². The third-order valence-electron chi connectivity index (χ3n) is 6.39. The van der Waals surface area contributed by atoms with Gasteiger partial charge in [-0.1, -0.05) is 11.6 Å². The van der Waals surface area contributed by atoms with Crippen molar-refractivity contribution in [2.45, 2.75) is 43.5 Å². The van der Waals surface area contributed by atoms with Crippen molar-refractivity contribution in [1.82, 2.24) is 15.0 Å². The fourth-order valence-corrected chi connectivity index (χ4v) is 4.77. The fraction of sp³-hybridized carbons (Fsp3) is 0.478. The van der Waals surface area contributed by atoms with Crippen LogP contribution in [0.1, 0.15) is 12.0 Å². The number of fused-ring (bicyclic) bond motifs is 2. The predicted octanol–water partition coefficient (Wildman–Crippen LogP) is 2.58. The van der Waals surface area contributed by atoms with Gasteiger partial charge in [0.15, 0.2) is 11.8 Å². The lowest BCUT2D eigenvalue weighted by Crippen LogP contribution is -2.34. The summed E-state index contributed by atoms with van der Waals surface area (Å²) >= 11 is 6.34. The van der Waals surface area contributed by atoms with E-state index in [-0.39, 0.29) is 54.0 Å². The first kappa shape index (κ1) is 23.6. The van der Waals surface area contributed by atoms with E-state index in [1.165, 1.54) is 0 Å². The summed E-state index contributed by atoms with van der Waals surface area (Å²) in [7, 11) is 0. The van der Waals surface area contributed by atoms with Crippen LogP contribution in [-0.4, -0.2) is 77.0 Å². The second-order valence-corrected chi connectivity index (χ2v) is 9.28. The van der Waals surface area contributed by atoms with E-state index in [2.05, 4.69) is 20.3 Å². The number of aromatic amines is 1. The van der Waals surface area contributed by atoms with Gasteiger partial charge in [0.2, 0.25) is 0 Å². The number of ether oxygens (including phenoxy) is 5. The molecular weight excluding hydrogens is 502 g/mol. The maximum atomic E-state index is 14.6. The number of nitrogens with zero attached hydrogens (tertiary/aromatic N) is 2. The molecule has 36 heavy (non-hydrogen) atoms. The molecule has 0 bridgehead atoms. The molecule has 3 saturated heterocycles. The van der Waals surface area contributed by atoms with Crippen LogP contribution in [0.3, 0.4) is 0 Å². The number of imidazole rings is 1. The highest BCUT2D eigenvalue weighted by molar-refractivity contribution is 6.33. The van der Waals surface area contributed by atoms with Gasteiger partial charge in [-0.2, -0.15) is 4.98 Å². The van der Waals surface area contributed by atoms with Crippen molar-refractivity contribution in [3.63, 3.8) is 0 Å². The minimum Gasteiger partial charge on any atom is -0.488 e. The molecule has 3 aliphatic rings. The van der Waals surface area contributed by atoms with E-state index in [0.29, 0.717) is 30.8 Å². The van der Waals surface area contributed by atoms with Crippen molar-refractivity contribution in [2.24, 2.45) is 0 Å². The molecule has 3 N–H and O–H groups in total. The van der Waals surface area contributed by atoms with Crippen molar-refractivity contribution in [2.75, 3.05) is 31.7 Å². The van der Waals surface area contributed by atoms with Gasteiger partial charge in [0.25, 0.3) is 6.01 Å². The van der Waals surface area contributed by atoms with Gasteiger partial charge in [0.1, 0.15) is 47.6 Å². The Kier molecular flexibility index (Phi) is 6.30. The molecule has 0 radical (unpaired) electrons. The van der Waals surface area contributed by atoms with Gasteiger partial charge in [0, 0.05) is 30.7 Å². The highest BCUT2D eigenvalue weighted by Gasteiger charge is 2.48. The molecule has 5 heterocycles. The summed E-state index contributed by atoms with van der Waals surface area (Å²) in [6, 6.07) is 4.07. The summed E-state index contributed by atoms with van der Waals surface area (Å²) in [5.41, 5.74) is 0.630. The number of halogens is 3.